The van der Waals surface area contributed by atoms with Gasteiger partial charge in [0.2, 0.25) is 0 Å². The van der Waals surface area contributed by atoms with Crippen molar-refractivity contribution in [3.8, 4) is 17.0 Å². The van der Waals surface area contributed by atoms with E-state index in [4.69, 9.17) is 22.1 Å². The van der Waals surface area contributed by atoms with Gasteiger partial charge in [0.25, 0.3) is 5.91 Å². The maximum atomic E-state index is 14.2. The summed E-state index contributed by atoms with van der Waals surface area (Å²) in [5, 5.41) is 1.24. The molecule has 8 heteroatoms. The number of carbonyl (C=O) groups is 1. The minimum absolute atomic E-state index is 0.0279. The monoisotopic (exact) mass is 394 g/mol. The molecular weight excluding hydrogens is 382 g/mol. The minimum Gasteiger partial charge on any atom is -0.483 e. The van der Waals surface area contributed by atoms with Crippen molar-refractivity contribution in [2.45, 2.75) is 13.5 Å². The summed E-state index contributed by atoms with van der Waals surface area (Å²) in [6.45, 7) is 1.88. The Labute approximate surface area is 157 Å². The smallest absolute Gasteiger partial charge is 0.254 e. The zero-order valence-electron chi connectivity index (χ0n) is 13.6. The van der Waals surface area contributed by atoms with Crippen LogP contribution in [0.3, 0.4) is 0 Å². The normalized spacial score (nSPS) is 10.8. The topological polar surface area (TPSA) is 65.2 Å². The zero-order chi connectivity index (χ0) is 18.8. The highest BCUT2D eigenvalue weighted by Gasteiger charge is 2.20. The average Bonchev–Trinajstić information content (AvgIpc) is 2.95. The molecule has 0 aliphatic rings. The summed E-state index contributed by atoms with van der Waals surface area (Å²) in [5.74, 6) is -3.61. The first-order valence-corrected chi connectivity index (χ1v) is 8.69. The fourth-order valence-corrected chi connectivity index (χ4v) is 3.39. The number of rotatable bonds is 5. The number of carbonyl (C=O) groups excluding carboxylic acids is 1. The molecule has 0 spiro atoms. The highest BCUT2D eigenvalue weighted by Crippen LogP contribution is 2.30. The lowest BCUT2D eigenvalue weighted by Crippen LogP contribution is -2.16. The van der Waals surface area contributed by atoms with E-state index in [0.29, 0.717) is 10.0 Å². The standard InChI is InChI=1S/C18H13ClF2N2O2S/c1-9-17(10-2-4-11(19)5-3-10)23-14(26-9)8-25-13-7-6-12(20)15(16(13)21)18(22)24/h2-7H,8H2,1H3,(H2,22,24). The molecule has 0 fully saturated rings. The van der Waals surface area contributed by atoms with Crippen LogP contribution in [0.2, 0.25) is 5.02 Å². The van der Waals surface area contributed by atoms with Crippen molar-refractivity contribution >= 4 is 28.8 Å². The van der Waals surface area contributed by atoms with Crippen LogP contribution >= 0.6 is 22.9 Å². The molecule has 0 atom stereocenters. The number of benzene rings is 2. The SMILES string of the molecule is Cc1sc(COc2ccc(F)c(C(N)=O)c2F)nc1-c1ccc(Cl)cc1. The molecular formula is C18H13ClF2N2O2S. The van der Waals surface area contributed by atoms with Gasteiger partial charge in [0.1, 0.15) is 23.0 Å². The van der Waals surface area contributed by atoms with Crippen LogP contribution in [0.15, 0.2) is 36.4 Å². The lowest BCUT2D eigenvalue weighted by Gasteiger charge is -2.08. The van der Waals surface area contributed by atoms with Crippen LogP contribution in [0.5, 0.6) is 5.75 Å². The minimum atomic E-state index is -1.19. The molecule has 0 aliphatic heterocycles. The number of halogens is 3. The molecule has 3 rings (SSSR count). The van der Waals surface area contributed by atoms with Gasteiger partial charge in [-0.3, -0.25) is 4.79 Å². The average molecular weight is 395 g/mol. The molecule has 0 radical (unpaired) electrons. The van der Waals surface area contributed by atoms with Crippen molar-refractivity contribution in [3.05, 3.63) is 68.5 Å². The molecule has 2 aromatic carbocycles. The van der Waals surface area contributed by atoms with Crippen LogP contribution in [0.1, 0.15) is 20.2 Å². The Bertz CT molecular complexity index is 974. The van der Waals surface area contributed by atoms with Crippen LogP contribution in [-0.2, 0) is 6.61 Å². The molecule has 0 saturated heterocycles. The van der Waals surface area contributed by atoms with E-state index in [9.17, 15) is 13.6 Å². The number of primary amides is 1. The van der Waals surface area contributed by atoms with Gasteiger partial charge >= 0.3 is 0 Å². The maximum Gasteiger partial charge on any atom is 0.254 e. The number of ether oxygens (including phenoxy) is 1. The van der Waals surface area contributed by atoms with E-state index in [2.05, 4.69) is 4.98 Å². The summed E-state index contributed by atoms with van der Waals surface area (Å²) in [7, 11) is 0. The second-order valence-electron chi connectivity index (χ2n) is 5.41. The van der Waals surface area contributed by atoms with E-state index in [1.807, 2.05) is 19.1 Å². The van der Waals surface area contributed by atoms with Gasteiger partial charge in [-0.2, -0.15) is 0 Å². The molecule has 1 amide bonds. The summed E-state index contributed by atoms with van der Waals surface area (Å²) in [6.07, 6.45) is 0. The summed E-state index contributed by atoms with van der Waals surface area (Å²) in [4.78, 5) is 16.6. The van der Waals surface area contributed by atoms with Crippen LogP contribution in [0, 0.1) is 18.6 Å². The third-order valence-electron chi connectivity index (χ3n) is 3.61. The molecule has 0 aliphatic carbocycles. The molecule has 2 N–H and O–H groups in total. The zero-order valence-corrected chi connectivity index (χ0v) is 15.1. The molecule has 4 nitrogen and oxygen atoms in total. The highest BCUT2D eigenvalue weighted by molar-refractivity contribution is 7.12. The predicted octanol–water partition coefficient (Wildman–Crippen LogP) is 4.73. The Balaban J connectivity index is 1.81. The van der Waals surface area contributed by atoms with Crippen molar-refractivity contribution in [1.29, 1.82) is 0 Å². The summed E-state index contributed by atoms with van der Waals surface area (Å²) < 4.78 is 33.0. The van der Waals surface area contributed by atoms with Crippen molar-refractivity contribution in [3.63, 3.8) is 0 Å². The first-order valence-electron chi connectivity index (χ1n) is 7.49. The molecule has 26 heavy (non-hydrogen) atoms. The molecule has 1 heterocycles. The van der Waals surface area contributed by atoms with E-state index >= 15 is 0 Å². The van der Waals surface area contributed by atoms with Crippen LogP contribution in [-0.4, -0.2) is 10.9 Å². The van der Waals surface area contributed by atoms with Crippen molar-refractivity contribution in [2.24, 2.45) is 5.73 Å². The number of aryl methyl sites for hydroxylation is 1. The Morgan fingerprint density at radius 3 is 2.58 bits per heavy atom. The first-order chi connectivity index (χ1) is 12.4. The third kappa shape index (κ3) is 3.68. The molecule has 0 unspecified atom stereocenters. The fraction of sp³-hybridized carbons (Fsp3) is 0.111. The number of amides is 1. The maximum absolute atomic E-state index is 14.2. The van der Waals surface area contributed by atoms with Crippen molar-refractivity contribution in [2.75, 3.05) is 0 Å². The van der Waals surface area contributed by atoms with Gasteiger partial charge in [-0.1, -0.05) is 23.7 Å². The lowest BCUT2D eigenvalue weighted by molar-refractivity contribution is 0.0991. The van der Waals surface area contributed by atoms with Gasteiger partial charge in [0.15, 0.2) is 11.6 Å². The Morgan fingerprint density at radius 2 is 1.92 bits per heavy atom. The predicted molar refractivity (Wildman–Crippen MR) is 96.5 cm³/mol. The van der Waals surface area contributed by atoms with Crippen molar-refractivity contribution in [1.82, 2.24) is 4.98 Å². The second kappa shape index (κ2) is 7.39. The Kier molecular flexibility index (Phi) is 5.20. The summed E-state index contributed by atoms with van der Waals surface area (Å²) in [5.41, 5.74) is 5.86. The molecule has 0 bridgehead atoms. The van der Waals surface area contributed by atoms with Crippen molar-refractivity contribution < 1.29 is 18.3 Å². The summed E-state index contributed by atoms with van der Waals surface area (Å²) >= 11 is 7.28. The molecule has 3 aromatic rings. The van der Waals surface area contributed by atoms with Gasteiger partial charge in [-0.05, 0) is 31.2 Å². The van der Waals surface area contributed by atoms with Gasteiger partial charge in [-0.15, -0.1) is 11.3 Å². The van der Waals surface area contributed by atoms with E-state index in [1.165, 1.54) is 11.3 Å². The Morgan fingerprint density at radius 1 is 1.23 bits per heavy atom. The molecule has 0 saturated carbocycles. The lowest BCUT2D eigenvalue weighted by atomic mass is 10.1. The summed E-state index contributed by atoms with van der Waals surface area (Å²) in [6, 6.07) is 9.29. The van der Waals surface area contributed by atoms with Crippen LogP contribution < -0.4 is 10.5 Å². The van der Waals surface area contributed by atoms with Gasteiger partial charge < -0.3 is 10.5 Å². The van der Waals surface area contributed by atoms with E-state index < -0.39 is 23.1 Å². The quantitative estimate of drug-likeness (QED) is 0.680. The Hall–Kier alpha value is -2.51. The van der Waals surface area contributed by atoms with Crippen LogP contribution in [0.4, 0.5) is 8.78 Å². The van der Waals surface area contributed by atoms with Gasteiger partial charge in [0.05, 0.1) is 5.69 Å². The largest absolute Gasteiger partial charge is 0.483 e. The highest BCUT2D eigenvalue weighted by atomic mass is 35.5. The molecule has 134 valence electrons. The number of thiazole rings is 1. The number of hydrogen-bond acceptors (Lipinski definition) is 4. The van der Waals surface area contributed by atoms with Gasteiger partial charge in [-0.25, -0.2) is 13.8 Å². The van der Waals surface area contributed by atoms with E-state index in [1.54, 1.807) is 12.1 Å². The number of nitrogens with two attached hydrogens (primary N) is 1. The van der Waals surface area contributed by atoms with Crippen LogP contribution in [0.25, 0.3) is 11.3 Å². The number of aromatic nitrogens is 1. The van der Waals surface area contributed by atoms with Gasteiger partial charge in [0, 0.05) is 15.5 Å². The second-order valence-corrected chi connectivity index (χ2v) is 7.13. The number of nitrogens with zero attached hydrogens (tertiary/aromatic N) is 1. The number of hydrogen-bond donors (Lipinski definition) is 1. The van der Waals surface area contributed by atoms with E-state index in [0.717, 1.165) is 28.3 Å². The third-order valence-corrected chi connectivity index (χ3v) is 4.81. The van der Waals surface area contributed by atoms with E-state index in [-0.39, 0.29) is 12.4 Å². The first kappa shape index (κ1) is 18.3. The molecule has 1 aromatic heterocycles. The fourth-order valence-electron chi connectivity index (χ4n) is 2.40.